The Kier molecular flexibility index (Phi) is 6.62. The number of hydrogen-bond acceptors (Lipinski definition) is 6. The van der Waals surface area contributed by atoms with Gasteiger partial charge in [-0.1, -0.05) is 48.0 Å². The summed E-state index contributed by atoms with van der Waals surface area (Å²) in [5.74, 6) is -2.47. The molecule has 3 rings (SSSR count). The van der Waals surface area contributed by atoms with Gasteiger partial charge in [0.05, 0.1) is 6.54 Å². The first-order chi connectivity index (χ1) is 14.3. The Morgan fingerprint density at radius 2 is 1.90 bits per heavy atom. The molecule has 30 heavy (non-hydrogen) atoms. The highest BCUT2D eigenvalue weighted by molar-refractivity contribution is 6.30. The van der Waals surface area contributed by atoms with Crippen LogP contribution in [0.15, 0.2) is 53.3 Å². The van der Waals surface area contributed by atoms with Crippen molar-refractivity contribution in [2.24, 2.45) is 0 Å². The summed E-state index contributed by atoms with van der Waals surface area (Å²) in [5, 5.41) is 26.1. The number of rotatable bonds is 8. The van der Waals surface area contributed by atoms with Crippen molar-refractivity contribution in [3.63, 3.8) is 0 Å². The van der Waals surface area contributed by atoms with Crippen molar-refractivity contribution in [3.05, 3.63) is 75.4 Å². The molecule has 5 N–H and O–H groups in total. The van der Waals surface area contributed by atoms with Crippen molar-refractivity contribution in [1.82, 2.24) is 25.6 Å². The van der Waals surface area contributed by atoms with E-state index in [0.29, 0.717) is 5.02 Å². The number of hydrogen-bond donors (Lipinski definition) is 5. The van der Waals surface area contributed by atoms with Gasteiger partial charge in [0.25, 0.3) is 0 Å². The standard InChI is InChI=1S/C19H18ClN5O5/c20-14-3-1-2-13(8-14)12-6-4-11(5-7-12)9-25(10-15(26)18(28)29)24-17(27)16-21-19(30)23-22-16/h1-8,15,26H,9-10H2,(H,24,27)(H,28,29)(H2,21,22,23,30)/t15-/m1/s1. The number of hydrazine groups is 1. The quantitative estimate of drug-likeness (QED) is 0.334. The van der Waals surface area contributed by atoms with Crippen molar-refractivity contribution in [3.8, 4) is 11.1 Å². The largest absolute Gasteiger partial charge is 0.479 e. The Labute approximate surface area is 175 Å². The Balaban J connectivity index is 1.75. The zero-order valence-electron chi connectivity index (χ0n) is 15.5. The zero-order chi connectivity index (χ0) is 21.7. The number of carboxylic acids is 1. The minimum Gasteiger partial charge on any atom is -0.479 e. The van der Waals surface area contributed by atoms with Gasteiger partial charge in [-0.2, -0.15) is 0 Å². The van der Waals surface area contributed by atoms with E-state index in [0.717, 1.165) is 16.7 Å². The molecule has 0 fully saturated rings. The molecule has 0 spiro atoms. The molecule has 0 aliphatic carbocycles. The second-order valence-electron chi connectivity index (χ2n) is 6.41. The van der Waals surface area contributed by atoms with Gasteiger partial charge >= 0.3 is 17.6 Å². The van der Waals surface area contributed by atoms with Gasteiger partial charge < -0.3 is 10.2 Å². The molecule has 156 valence electrons. The van der Waals surface area contributed by atoms with Crippen LogP contribution in [0.2, 0.25) is 5.02 Å². The third-order valence-corrected chi connectivity index (χ3v) is 4.37. The van der Waals surface area contributed by atoms with Gasteiger partial charge in [0.15, 0.2) is 6.10 Å². The van der Waals surface area contributed by atoms with E-state index in [1.54, 1.807) is 18.2 Å². The number of halogens is 1. The average molecular weight is 432 g/mol. The van der Waals surface area contributed by atoms with Gasteiger partial charge in [-0.3, -0.25) is 15.2 Å². The molecule has 1 heterocycles. The smallest absolute Gasteiger partial charge is 0.341 e. The number of nitrogens with one attached hydrogen (secondary N) is 3. The second kappa shape index (κ2) is 9.35. The van der Waals surface area contributed by atoms with E-state index in [1.807, 2.05) is 30.3 Å². The fourth-order valence-electron chi connectivity index (χ4n) is 2.70. The molecule has 10 nitrogen and oxygen atoms in total. The van der Waals surface area contributed by atoms with E-state index in [-0.39, 0.29) is 18.9 Å². The van der Waals surface area contributed by atoms with Gasteiger partial charge in [-0.15, -0.1) is 5.10 Å². The Bertz CT molecular complexity index is 1090. The molecule has 0 bridgehead atoms. The average Bonchev–Trinajstić information content (AvgIpc) is 3.15. The highest BCUT2D eigenvalue weighted by atomic mass is 35.5. The first-order valence-corrected chi connectivity index (χ1v) is 9.16. The van der Waals surface area contributed by atoms with Crippen molar-refractivity contribution in [2.45, 2.75) is 12.6 Å². The molecule has 11 heteroatoms. The lowest BCUT2D eigenvalue weighted by atomic mass is 10.0. The van der Waals surface area contributed by atoms with Gasteiger partial charge in [-0.05, 0) is 28.8 Å². The molecule has 0 saturated carbocycles. The second-order valence-corrected chi connectivity index (χ2v) is 6.85. The summed E-state index contributed by atoms with van der Waals surface area (Å²) in [4.78, 5) is 36.6. The normalized spacial score (nSPS) is 12.0. The summed E-state index contributed by atoms with van der Waals surface area (Å²) in [7, 11) is 0. The fourth-order valence-corrected chi connectivity index (χ4v) is 2.89. The molecular weight excluding hydrogens is 414 g/mol. The minimum atomic E-state index is -1.73. The number of aromatic amines is 2. The Morgan fingerprint density at radius 3 is 2.50 bits per heavy atom. The molecule has 1 atom stereocenters. The van der Waals surface area contributed by atoms with Gasteiger partial charge in [0.1, 0.15) is 0 Å². The predicted molar refractivity (Wildman–Crippen MR) is 108 cm³/mol. The van der Waals surface area contributed by atoms with Gasteiger partial charge in [0.2, 0.25) is 5.82 Å². The van der Waals surface area contributed by atoms with E-state index in [2.05, 4.69) is 20.6 Å². The lowest BCUT2D eigenvalue weighted by Gasteiger charge is -2.24. The van der Waals surface area contributed by atoms with E-state index < -0.39 is 23.7 Å². The number of carbonyl (C=O) groups excluding carboxylic acids is 1. The number of aliphatic carboxylic acids is 1. The van der Waals surface area contributed by atoms with Crippen molar-refractivity contribution in [2.75, 3.05) is 6.54 Å². The van der Waals surface area contributed by atoms with Gasteiger partial charge in [0, 0.05) is 11.6 Å². The number of nitrogens with zero attached hydrogens (tertiary/aromatic N) is 2. The minimum absolute atomic E-state index is 0.0978. The van der Waals surface area contributed by atoms with Crippen molar-refractivity contribution < 1.29 is 19.8 Å². The zero-order valence-corrected chi connectivity index (χ0v) is 16.3. The molecule has 0 radical (unpaired) electrons. The van der Waals surface area contributed by atoms with Crippen LogP contribution in [-0.4, -0.2) is 54.9 Å². The predicted octanol–water partition coefficient (Wildman–Crippen LogP) is 1.01. The molecule has 3 aromatic rings. The van der Waals surface area contributed by atoms with Crippen LogP contribution in [0.25, 0.3) is 11.1 Å². The van der Waals surface area contributed by atoms with E-state index >= 15 is 0 Å². The van der Waals surface area contributed by atoms with Crippen LogP contribution in [0.1, 0.15) is 16.2 Å². The Hall–Kier alpha value is -3.47. The number of H-pyrrole nitrogens is 2. The maximum Gasteiger partial charge on any atom is 0.341 e. The monoisotopic (exact) mass is 431 g/mol. The Morgan fingerprint density at radius 1 is 1.17 bits per heavy atom. The molecule has 0 aliphatic rings. The van der Waals surface area contributed by atoms with Crippen LogP contribution < -0.4 is 11.1 Å². The summed E-state index contributed by atoms with van der Waals surface area (Å²) in [6.07, 6.45) is -1.73. The first kappa shape index (κ1) is 21.2. The van der Waals surface area contributed by atoms with Crippen LogP contribution in [0.5, 0.6) is 0 Å². The number of benzene rings is 2. The molecular formula is C19H18ClN5O5. The molecule has 1 aromatic heterocycles. The number of amides is 1. The molecule has 0 saturated heterocycles. The lowest BCUT2D eigenvalue weighted by molar-refractivity contribution is -0.148. The molecule has 0 aliphatic heterocycles. The van der Waals surface area contributed by atoms with E-state index in [9.17, 15) is 19.5 Å². The SMILES string of the molecule is O=C(NN(Cc1ccc(-c2cccc(Cl)c2)cc1)C[C@@H](O)C(=O)O)c1n[nH]c(=O)[nH]1. The van der Waals surface area contributed by atoms with E-state index in [1.165, 1.54) is 5.01 Å². The summed E-state index contributed by atoms with van der Waals surface area (Å²) >= 11 is 6.02. The number of carbonyl (C=O) groups is 2. The third-order valence-electron chi connectivity index (χ3n) is 4.14. The fraction of sp³-hybridized carbons (Fsp3) is 0.158. The highest BCUT2D eigenvalue weighted by Crippen LogP contribution is 2.23. The topological polar surface area (TPSA) is 151 Å². The van der Waals surface area contributed by atoms with Crippen LogP contribution in [0, 0.1) is 0 Å². The highest BCUT2D eigenvalue weighted by Gasteiger charge is 2.21. The third kappa shape index (κ3) is 5.54. The summed E-state index contributed by atoms with van der Waals surface area (Å²) < 4.78 is 0. The first-order valence-electron chi connectivity index (χ1n) is 8.78. The summed E-state index contributed by atoms with van der Waals surface area (Å²) in [6, 6.07) is 14.7. The summed E-state index contributed by atoms with van der Waals surface area (Å²) in [6.45, 7) is -0.285. The van der Waals surface area contributed by atoms with Crippen LogP contribution >= 0.6 is 11.6 Å². The van der Waals surface area contributed by atoms with Crippen LogP contribution in [0.3, 0.4) is 0 Å². The molecule has 2 aromatic carbocycles. The van der Waals surface area contributed by atoms with Crippen molar-refractivity contribution >= 4 is 23.5 Å². The van der Waals surface area contributed by atoms with Crippen LogP contribution in [0.4, 0.5) is 0 Å². The summed E-state index contributed by atoms with van der Waals surface area (Å²) in [5.41, 5.74) is 4.38. The number of aliphatic hydroxyl groups excluding tert-OH is 1. The van der Waals surface area contributed by atoms with Crippen molar-refractivity contribution in [1.29, 1.82) is 0 Å². The van der Waals surface area contributed by atoms with Crippen LogP contribution in [-0.2, 0) is 11.3 Å². The number of aliphatic hydroxyl groups is 1. The van der Waals surface area contributed by atoms with E-state index in [4.69, 9.17) is 16.7 Å². The number of carboxylic acid groups (broad SMARTS) is 1. The number of aromatic nitrogens is 3. The molecule has 1 amide bonds. The molecule has 0 unspecified atom stereocenters. The maximum absolute atomic E-state index is 12.2. The van der Waals surface area contributed by atoms with Gasteiger partial charge in [-0.25, -0.2) is 19.7 Å². The lowest BCUT2D eigenvalue weighted by Crippen LogP contribution is -2.47. The maximum atomic E-state index is 12.2.